The largest absolute Gasteiger partial charge is 0.365 e. The van der Waals surface area contributed by atoms with Crippen LogP contribution in [0, 0.1) is 13.8 Å². The van der Waals surface area contributed by atoms with Crippen LogP contribution in [0.4, 0.5) is 17.1 Å². The van der Waals surface area contributed by atoms with Gasteiger partial charge in [-0.25, -0.2) is 0 Å². The predicted molar refractivity (Wildman–Crippen MR) is 106 cm³/mol. The number of rotatable bonds is 5. The van der Waals surface area contributed by atoms with Gasteiger partial charge in [0.2, 0.25) is 11.8 Å². The summed E-state index contributed by atoms with van der Waals surface area (Å²) in [5.41, 5.74) is 4.99. The molecule has 1 fully saturated rings. The highest BCUT2D eigenvalue weighted by atomic mass is 16.2. The van der Waals surface area contributed by atoms with Crippen LogP contribution in [-0.2, 0) is 9.59 Å². The molecule has 1 aliphatic heterocycles. The molecule has 5 heteroatoms. The van der Waals surface area contributed by atoms with Crippen LogP contribution >= 0.6 is 0 Å². The average molecular weight is 351 g/mol. The highest BCUT2D eigenvalue weighted by molar-refractivity contribution is 5.98. The maximum absolute atomic E-state index is 12.5. The van der Waals surface area contributed by atoms with Gasteiger partial charge in [0.15, 0.2) is 0 Å². The lowest BCUT2D eigenvalue weighted by Crippen LogP contribution is -2.30. The number of hydrogen-bond acceptors (Lipinski definition) is 3. The topological polar surface area (TPSA) is 52.7 Å². The maximum Gasteiger partial charge on any atom is 0.243 e. The van der Waals surface area contributed by atoms with Crippen molar-refractivity contribution in [1.82, 2.24) is 0 Å². The minimum absolute atomic E-state index is 0.0849. The number of carbonyl (C=O) groups is 2. The Kier molecular flexibility index (Phi) is 5.26. The van der Waals surface area contributed by atoms with Crippen LogP contribution in [0.25, 0.3) is 0 Å². The van der Waals surface area contributed by atoms with Crippen molar-refractivity contribution in [2.45, 2.75) is 26.7 Å². The number of aryl methyl sites for hydroxylation is 1. The Hall–Kier alpha value is -2.82. The molecule has 0 saturated carbocycles. The second kappa shape index (κ2) is 7.60. The van der Waals surface area contributed by atoms with Crippen molar-refractivity contribution in [3.63, 3.8) is 0 Å². The second-order valence-electron chi connectivity index (χ2n) is 6.82. The van der Waals surface area contributed by atoms with Crippen molar-refractivity contribution in [3.05, 3.63) is 53.6 Å². The molecule has 136 valence electrons. The van der Waals surface area contributed by atoms with Crippen molar-refractivity contribution in [3.8, 4) is 0 Å². The lowest BCUT2D eigenvalue weighted by Gasteiger charge is -2.22. The average Bonchev–Trinajstić information content (AvgIpc) is 3.03. The van der Waals surface area contributed by atoms with Crippen LogP contribution in [0.3, 0.4) is 0 Å². The van der Waals surface area contributed by atoms with E-state index in [-0.39, 0.29) is 18.4 Å². The van der Waals surface area contributed by atoms with E-state index in [1.807, 2.05) is 48.3 Å². The molecule has 2 aromatic rings. The standard InChI is InChI=1S/C21H25N3O2/c1-15-7-4-10-19(16(15)2)23(3)14-20(25)22-17-8-5-9-18(13-17)24-12-6-11-21(24)26/h4-5,7-10,13H,6,11-12,14H2,1-3H3,(H,22,25). The summed E-state index contributed by atoms with van der Waals surface area (Å²) < 4.78 is 0. The SMILES string of the molecule is Cc1cccc(N(C)CC(=O)Nc2cccc(N3CCCC3=O)c2)c1C. The number of anilines is 3. The molecule has 2 aromatic carbocycles. The number of nitrogens with zero attached hydrogens (tertiary/aromatic N) is 2. The first-order valence-electron chi connectivity index (χ1n) is 8.93. The van der Waals surface area contributed by atoms with E-state index >= 15 is 0 Å². The third kappa shape index (κ3) is 3.87. The number of amides is 2. The molecule has 0 atom stereocenters. The summed E-state index contributed by atoms with van der Waals surface area (Å²) >= 11 is 0. The molecule has 26 heavy (non-hydrogen) atoms. The van der Waals surface area contributed by atoms with Gasteiger partial charge >= 0.3 is 0 Å². The number of likely N-dealkylation sites (N-methyl/N-ethyl adjacent to an activating group) is 1. The molecule has 0 aromatic heterocycles. The van der Waals surface area contributed by atoms with E-state index in [1.165, 1.54) is 11.1 Å². The summed E-state index contributed by atoms with van der Waals surface area (Å²) in [6.45, 7) is 5.14. The monoisotopic (exact) mass is 351 g/mol. The van der Waals surface area contributed by atoms with Gasteiger partial charge in [0, 0.05) is 37.1 Å². The fraction of sp³-hybridized carbons (Fsp3) is 0.333. The summed E-state index contributed by atoms with van der Waals surface area (Å²) in [5, 5.41) is 2.94. The zero-order chi connectivity index (χ0) is 18.7. The number of benzene rings is 2. The lowest BCUT2D eigenvalue weighted by molar-refractivity contribution is -0.117. The van der Waals surface area contributed by atoms with E-state index in [0.717, 1.165) is 24.3 Å². The van der Waals surface area contributed by atoms with Gasteiger partial charge in [-0.3, -0.25) is 9.59 Å². The molecular weight excluding hydrogens is 326 g/mol. The molecule has 1 aliphatic rings. The van der Waals surface area contributed by atoms with Crippen LogP contribution in [0.1, 0.15) is 24.0 Å². The molecule has 0 aliphatic carbocycles. The number of carbonyl (C=O) groups excluding carboxylic acids is 2. The van der Waals surface area contributed by atoms with E-state index in [2.05, 4.69) is 25.2 Å². The van der Waals surface area contributed by atoms with Gasteiger partial charge in [0.25, 0.3) is 0 Å². The molecule has 0 radical (unpaired) electrons. The van der Waals surface area contributed by atoms with Crippen molar-refractivity contribution < 1.29 is 9.59 Å². The van der Waals surface area contributed by atoms with E-state index in [1.54, 1.807) is 4.90 Å². The van der Waals surface area contributed by atoms with Crippen molar-refractivity contribution in [1.29, 1.82) is 0 Å². The fourth-order valence-corrected chi connectivity index (χ4v) is 3.32. The molecule has 0 bridgehead atoms. The van der Waals surface area contributed by atoms with Crippen molar-refractivity contribution >= 4 is 28.9 Å². The molecule has 1 saturated heterocycles. The molecule has 5 nitrogen and oxygen atoms in total. The summed E-state index contributed by atoms with van der Waals surface area (Å²) in [6.07, 6.45) is 1.48. The highest BCUT2D eigenvalue weighted by Gasteiger charge is 2.21. The first kappa shape index (κ1) is 18.0. The van der Waals surface area contributed by atoms with E-state index in [0.29, 0.717) is 12.1 Å². The van der Waals surface area contributed by atoms with E-state index in [9.17, 15) is 9.59 Å². The van der Waals surface area contributed by atoms with Gasteiger partial charge in [0.1, 0.15) is 0 Å². The molecule has 3 rings (SSSR count). The van der Waals surface area contributed by atoms with Gasteiger partial charge < -0.3 is 15.1 Å². The lowest BCUT2D eigenvalue weighted by atomic mass is 10.1. The molecule has 0 spiro atoms. The quantitative estimate of drug-likeness (QED) is 0.897. The van der Waals surface area contributed by atoms with E-state index in [4.69, 9.17) is 0 Å². The van der Waals surface area contributed by atoms with Gasteiger partial charge in [-0.15, -0.1) is 0 Å². The van der Waals surface area contributed by atoms with Crippen molar-refractivity contribution in [2.75, 3.05) is 35.3 Å². The van der Waals surface area contributed by atoms with Gasteiger partial charge in [-0.05, 0) is 55.7 Å². The molecular formula is C21H25N3O2. The molecule has 0 unspecified atom stereocenters. The minimum atomic E-state index is -0.0849. The Balaban J connectivity index is 1.66. The smallest absolute Gasteiger partial charge is 0.243 e. The third-order valence-corrected chi connectivity index (χ3v) is 4.88. The van der Waals surface area contributed by atoms with Crippen molar-refractivity contribution in [2.24, 2.45) is 0 Å². The Bertz CT molecular complexity index is 832. The van der Waals surface area contributed by atoms with Gasteiger partial charge in [-0.2, -0.15) is 0 Å². The molecule has 1 N–H and O–H groups in total. The minimum Gasteiger partial charge on any atom is -0.365 e. The third-order valence-electron chi connectivity index (χ3n) is 4.88. The van der Waals surface area contributed by atoms with Gasteiger partial charge in [0.05, 0.1) is 6.54 Å². The summed E-state index contributed by atoms with van der Waals surface area (Å²) in [4.78, 5) is 28.1. The zero-order valence-electron chi connectivity index (χ0n) is 15.6. The highest BCUT2D eigenvalue weighted by Crippen LogP contribution is 2.25. The Labute approximate surface area is 154 Å². The fourth-order valence-electron chi connectivity index (χ4n) is 3.32. The van der Waals surface area contributed by atoms with E-state index < -0.39 is 0 Å². The maximum atomic E-state index is 12.5. The first-order chi connectivity index (χ1) is 12.5. The summed E-state index contributed by atoms with van der Waals surface area (Å²) in [5.74, 6) is 0.0569. The van der Waals surface area contributed by atoms with Crippen LogP contribution in [-0.4, -0.2) is 32.0 Å². The number of hydrogen-bond donors (Lipinski definition) is 1. The first-order valence-corrected chi connectivity index (χ1v) is 8.93. The van der Waals surface area contributed by atoms with Crippen LogP contribution < -0.4 is 15.1 Å². The normalized spacial score (nSPS) is 13.8. The van der Waals surface area contributed by atoms with Crippen LogP contribution in [0.2, 0.25) is 0 Å². The summed E-state index contributed by atoms with van der Waals surface area (Å²) in [7, 11) is 1.92. The van der Waals surface area contributed by atoms with Crippen LogP contribution in [0.15, 0.2) is 42.5 Å². The molecule has 1 heterocycles. The predicted octanol–water partition coefficient (Wildman–Crippen LogP) is 3.51. The Morgan fingerprint density at radius 2 is 1.96 bits per heavy atom. The number of nitrogens with one attached hydrogen (secondary N) is 1. The second-order valence-corrected chi connectivity index (χ2v) is 6.82. The molecule has 2 amide bonds. The Morgan fingerprint density at radius 1 is 1.19 bits per heavy atom. The summed E-state index contributed by atoms with van der Waals surface area (Å²) in [6, 6.07) is 13.6. The van der Waals surface area contributed by atoms with Gasteiger partial charge in [-0.1, -0.05) is 18.2 Å². The van der Waals surface area contributed by atoms with Crippen LogP contribution in [0.5, 0.6) is 0 Å². The zero-order valence-corrected chi connectivity index (χ0v) is 15.6. The Morgan fingerprint density at radius 3 is 2.69 bits per heavy atom.